The molecule has 0 saturated carbocycles. The van der Waals surface area contributed by atoms with Crippen molar-refractivity contribution in [3.63, 3.8) is 0 Å². The number of hydrogen-bond acceptors (Lipinski definition) is 3. The topological polar surface area (TPSA) is 41.6 Å². The molecule has 0 aromatic heterocycles. The summed E-state index contributed by atoms with van der Waals surface area (Å²) < 4.78 is 5.21. The van der Waals surface area contributed by atoms with Gasteiger partial charge in [-0.1, -0.05) is 19.1 Å². The molecule has 0 spiro atoms. The van der Waals surface area contributed by atoms with Crippen molar-refractivity contribution in [1.29, 1.82) is 0 Å². The zero-order valence-electron chi connectivity index (χ0n) is 13.8. The van der Waals surface area contributed by atoms with Crippen LogP contribution in [0.25, 0.3) is 0 Å². The van der Waals surface area contributed by atoms with E-state index < -0.39 is 0 Å². The zero-order chi connectivity index (χ0) is 15.8. The standard InChI is InChI=1S/C18H28N2O2/c1-3-11-20-12-9-16(10-13-20)19-18(21)8-7-15-5-4-6-17(14-15)22-2/h4-6,14,16H,3,7-13H2,1-2H3,(H,19,21). The van der Waals surface area contributed by atoms with Crippen molar-refractivity contribution < 1.29 is 9.53 Å². The minimum absolute atomic E-state index is 0.164. The van der Waals surface area contributed by atoms with Crippen LogP contribution in [0.4, 0.5) is 0 Å². The average Bonchev–Trinajstić information content (AvgIpc) is 2.55. The summed E-state index contributed by atoms with van der Waals surface area (Å²) >= 11 is 0. The first-order valence-electron chi connectivity index (χ1n) is 8.36. The minimum Gasteiger partial charge on any atom is -0.497 e. The van der Waals surface area contributed by atoms with E-state index in [1.165, 1.54) is 13.0 Å². The van der Waals surface area contributed by atoms with Gasteiger partial charge >= 0.3 is 0 Å². The highest BCUT2D eigenvalue weighted by molar-refractivity contribution is 5.76. The van der Waals surface area contributed by atoms with Crippen LogP contribution in [0.5, 0.6) is 5.75 Å². The van der Waals surface area contributed by atoms with Gasteiger partial charge < -0.3 is 15.0 Å². The fourth-order valence-corrected chi connectivity index (χ4v) is 3.00. The monoisotopic (exact) mass is 304 g/mol. The van der Waals surface area contributed by atoms with Crippen LogP contribution >= 0.6 is 0 Å². The number of hydrogen-bond donors (Lipinski definition) is 1. The van der Waals surface area contributed by atoms with Gasteiger partial charge in [-0.05, 0) is 49.9 Å². The second kappa shape index (κ2) is 8.79. The van der Waals surface area contributed by atoms with Crippen molar-refractivity contribution in [2.24, 2.45) is 0 Å². The molecule has 0 atom stereocenters. The Balaban J connectivity index is 1.70. The smallest absolute Gasteiger partial charge is 0.220 e. The number of ether oxygens (including phenoxy) is 1. The SMILES string of the molecule is CCCN1CCC(NC(=O)CCc2cccc(OC)c2)CC1. The Hall–Kier alpha value is -1.55. The maximum atomic E-state index is 12.1. The molecule has 1 fully saturated rings. The lowest BCUT2D eigenvalue weighted by atomic mass is 10.0. The van der Waals surface area contributed by atoms with E-state index in [-0.39, 0.29) is 5.91 Å². The molecule has 0 bridgehead atoms. The second-order valence-electron chi connectivity index (χ2n) is 6.03. The molecule has 1 aromatic rings. The normalized spacial score (nSPS) is 16.5. The molecule has 0 unspecified atom stereocenters. The van der Waals surface area contributed by atoms with E-state index in [2.05, 4.69) is 17.1 Å². The van der Waals surface area contributed by atoms with Gasteiger partial charge in [0.05, 0.1) is 7.11 Å². The number of nitrogens with zero attached hydrogens (tertiary/aromatic N) is 1. The van der Waals surface area contributed by atoms with E-state index in [1.807, 2.05) is 24.3 Å². The van der Waals surface area contributed by atoms with Crippen molar-refractivity contribution in [3.05, 3.63) is 29.8 Å². The molecule has 1 aromatic carbocycles. The molecule has 2 rings (SSSR count). The van der Waals surface area contributed by atoms with E-state index in [4.69, 9.17) is 4.74 Å². The van der Waals surface area contributed by atoms with Gasteiger partial charge in [0.2, 0.25) is 5.91 Å². The molecule has 1 heterocycles. The highest BCUT2D eigenvalue weighted by Crippen LogP contribution is 2.14. The highest BCUT2D eigenvalue weighted by atomic mass is 16.5. The number of piperidine rings is 1. The Morgan fingerprint density at radius 2 is 2.14 bits per heavy atom. The van der Waals surface area contributed by atoms with Gasteiger partial charge in [-0.2, -0.15) is 0 Å². The van der Waals surface area contributed by atoms with Crippen molar-refractivity contribution in [3.8, 4) is 5.75 Å². The van der Waals surface area contributed by atoms with Crippen LogP contribution in [0.1, 0.15) is 38.2 Å². The van der Waals surface area contributed by atoms with Gasteiger partial charge in [-0.25, -0.2) is 0 Å². The number of methoxy groups -OCH3 is 1. The molecule has 22 heavy (non-hydrogen) atoms. The third-order valence-electron chi connectivity index (χ3n) is 4.27. The molecule has 1 saturated heterocycles. The summed E-state index contributed by atoms with van der Waals surface area (Å²) in [5, 5.41) is 3.18. The molecule has 0 radical (unpaired) electrons. The van der Waals surface area contributed by atoms with Gasteiger partial charge in [0.15, 0.2) is 0 Å². The van der Waals surface area contributed by atoms with Crippen LogP contribution in [0.2, 0.25) is 0 Å². The van der Waals surface area contributed by atoms with E-state index in [1.54, 1.807) is 7.11 Å². The van der Waals surface area contributed by atoms with Gasteiger partial charge in [0, 0.05) is 25.6 Å². The van der Waals surface area contributed by atoms with Crippen molar-refractivity contribution in [2.45, 2.75) is 45.1 Å². The molecule has 4 nitrogen and oxygen atoms in total. The van der Waals surface area contributed by atoms with E-state index in [0.29, 0.717) is 12.5 Å². The summed E-state index contributed by atoms with van der Waals surface area (Å²) in [7, 11) is 1.66. The lowest BCUT2D eigenvalue weighted by molar-refractivity contribution is -0.122. The Morgan fingerprint density at radius 1 is 1.36 bits per heavy atom. The van der Waals surface area contributed by atoms with Crippen molar-refractivity contribution in [1.82, 2.24) is 10.2 Å². The first-order valence-corrected chi connectivity index (χ1v) is 8.36. The maximum Gasteiger partial charge on any atom is 0.220 e. The third kappa shape index (κ3) is 5.34. The van der Waals surface area contributed by atoms with E-state index in [9.17, 15) is 4.79 Å². The van der Waals surface area contributed by atoms with Gasteiger partial charge in [-0.15, -0.1) is 0 Å². The number of likely N-dealkylation sites (tertiary alicyclic amines) is 1. The molecular weight excluding hydrogens is 276 g/mol. The van der Waals surface area contributed by atoms with Crippen LogP contribution < -0.4 is 10.1 Å². The largest absolute Gasteiger partial charge is 0.497 e. The van der Waals surface area contributed by atoms with Crippen LogP contribution in [0.3, 0.4) is 0 Å². The number of benzene rings is 1. The molecule has 1 aliphatic rings. The predicted octanol–water partition coefficient (Wildman–Crippen LogP) is 2.62. The summed E-state index contributed by atoms with van der Waals surface area (Å²) in [4.78, 5) is 14.6. The van der Waals surface area contributed by atoms with Gasteiger partial charge in [-0.3, -0.25) is 4.79 Å². The number of carbonyl (C=O) groups is 1. The molecular formula is C18H28N2O2. The fraction of sp³-hybridized carbons (Fsp3) is 0.611. The fourth-order valence-electron chi connectivity index (χ4n) is 3.00. The quantitative estimate of drug-likeness (QED) is 0.842. The number of amides is 1. The first-order chi connectivity index (χ1) is 10.7. The van der Waals surface area contributed by atoms with Crippen molar-refractivity contribution >= 4 is 5.91 Å². The van der Waals surface area contributed by atoms with Crippen LogP contribution in [0, 0.1) is 0 Å². The summed E-state index contributed by atoms with van der Waals surface area (Å²) in [6.45, 7) is 5.60. The van der Waals surface area contributed by atoms with E-state index in [0.717, 1.165) is 43.7 Å². The summed E-state index contributed by atoms with van der Waals surface area (Å²) in [5.74, 6) is 1.01. The zero-order valence-corrected chi connectivity index (χ0v) is 13.8. The Kier molecular flexibility index (Phi) is 6.72. The summed E-state index contributed by atoms with van der Waals surface area (Å²) in [6, 6.07) is 8.28. The highest BCUT2D eigenvalue weighted by Gasteiger charge is 2.19. The van der Waals surface area contributed by atoms with Gasteiger partial charge in [0.1, 0.15) is 5.75 Å². The molecule has 4 heteroatoms. The van der Waals surface area contributed by atoms with Crippen LogP contribution in [0.15, 0.2) is 24.3 Å². The maximum absolute atomic E-state index is 12.1. The first kappa shape index (κ1) is 16.8. The molecule has 0 aliphatic carbocycles. The molecule has 122 valence electrons. The van der Waals surface area contributed by atoms with Crippen LogP contribution in [-0.2, 0) is 11.2 Å². The number of aryl methyl sites for hydroxylation is 1. The average molecular weight is 304 g/mol. The second-order valence-corrected chi connectivity index (χ2v) is 6.03. The molecule has 1 N–H and O–H groups in total. The Morgan fingerprint density at radius 3 is 2.82 bits per heavy atom. The number of nitrogens with one attached hydrogen (secondary N) is 1. The van der Waals surface area contributed by atoms with Gasteiger partial charge in [0.25, 0.3) is 0 Å². The number of carbonyl (C=O) groups excluding carboxylic acids is 1. The third-order valence-corrected chi connectivity index (χ3v) is 4.27. The van der Waals surface area contributed by atoms with Crippen molar-refractivity contribution in [2.75, 3.05) is 26.7 Å². The predicted molar refractivity (Wildman–Crippen MR) is 89.2 cm³/mol. The Bertz CT molecular complexity index is 468. The van der Waals surface area contributed by atoms with E-state index >= 15 is 0 Å². The number of rotatable bonds is 7. The Labute approximate surface area is 133 Å². The minimum atomic E-state index is 0.164. The molecule has 1 aliphatic heterocycles. The molecule has 1 amide bonds. The summed E-state index contributed by atoms with van der Waals surface area (Å²) in [5.41, 5.74) is 1.15. The lowest BCUT2D eigenvalue weighted by Crippen LogP contribution is -2.44. The van der Waals surface area contributed by atoms with Crippen LogP contribution in [-0.4, -0.2) is 43.6 Å². The summed E-state index contributed by atoms with van der Waals surface area (Å²) in [6.07, 6.45) is 4.66. The lowest BCUT2D eigenvalue weighted by Gasteiger charge is -2.32.